The summed E-state index contributed by atoms with van der Waals surface area (Å²) in [4.78, 5) is 0. The molecule has 1 aromatic rings. The van der Waals surface area contributed by atoms with E-state index in [1.807, 2.05) is 18.2 Å². The molecule has 5 heteroatoms. The molecule has 0 atom stereocenters. The van der Waals surface area contributed by atoms with Crippen LogP contribution in [0.5, 0.6) is 0 Å². The Kier molecular flexibility index (Phi) is 10.5. The summed E-state index contributed by atoms with van der Waals surface area (Å²) in [7, 11) is -2.31. The topological polar surface area (TPSA) is 58.5 Å². The highest BCUT2D eigenvalue weighted by atomic mass is 32.2. The molecule has 0 heterocycles. The van der Waals surface area contributed by atoms with Gasteiger partial charge in [0.05, 0.1) is 0 Å². The van der Waals surface area contributed by atoms with Crippen LogP contribution in [0.15, 0.2) is 34.8 Å². The number of rotatable bonds is 5. The molecule has 0 aliphatic rings. The predicted molar refractivity (Wildman–Crippen MR) is 70.1 cm³/mol. The van der Waals surface area contributed by atoms with Crippen LogP contribution in [-0.2, 0) is 10.5 Å². The summed E-state index contributed by atoms with van der Waals surface area (Å²) in [6, 6.07) is 10.3. The second-order valence-electron chi connectivity index (χ2n) is 3.58. The molecule has 1 N–H and O–H groups in total. The molecule has 0 aliphatic heterocycles. The van der Waals surface area contributed by atoms with E-state index in [2.05, 4.69) is 35.9 Å². The van der Waals surface area contributed by atoms with Crippen LogP contribution in [0.3, 0.4) is 0 Å². The summed E-state index contributed by atoms with van der Waals surface area (Å²) in [6.07, 6.45) is 3.20. The lowest BCUT2D eigenvalue weighted by Gasteiger charge is -1.92. The van der Waals surface area contributed by atoms with Gasteiger partial charge >= 0.3 is 10.5 Å². The van der Waals surface area contributed by atoms with Crippen LogP contribution >= 0.6 is 0 Å². The molecule has 0 unspecified atom stereocenters. The summed E-state index contributed by atoms with van der Waals surface area (Å²) in [5.74, 6) is 0. The first-order chi connectivity index (χ1) is 8.16. The van der Waals surface area contributed by atoms with Gasteiger partial charge in [0.1, 0.15) is 0 Å². The molecule has 96 valence electrons. The van der Waals surface area contributed by atoms with Crippen molar-refractivity contribution in [1.29, 1.82) is 0 Å². The van der Waals surface area contributed by atoms with Gasteiger partial charge in [-0.25, -0.2) is 0 Å². The van der Waals surface area contributed by atoms with Crippen molar-refractivity contribution in [1.82, 2.24) is 5.43 Å². The van der Waals surface area contributed by atoms with Crippen molar-refractivity contribution in [2.75, 3.05) is 6.54 Å². The number of unbranched alkanes of at least 4 members (excludes halogenated alkanes) is 2. The molecule has 0 bridgehead atoms. The molecule has 1 rings (SSSR count). The lowest BCUT2D eigenvalue weighted by atomic mass is 10.2. The van der Waals surface area contributed by atoms with Crippen LogP contribution in [-0.4, -0.2) is 15.0 Å². The van der Waals surface area contributed by atoms with Crippen molar-refractivity contribution < 1.29 is 8.42 Å². The number of nitrogens with zero attached hydrogens (tertiary/aromatic N) is 1. The Bertz CT molecular complexity index is 394. The molecule has 0 saturated carbocycles. The second kappa shape index (κ2) is 11.3. The van der Waals surface area contributed by atoms with Gasteiger partial charge in [-0.2, -0.15) is 13.8 Å². The van der Waals surface area contributed by atoms with Crippen LogP contribution in [0.1, 0.15) is 31.7 Å². The van der Waals surface area contributed by atoms with Gasteiger partial charge in [-0.15, -0.1) is 0 Å². The summed E-state index contributed by atoms with van der Waals surface area (Å²) >= 11 is 0. The Labute approximate surface area is 105 Å². The molecule has 1 aromatic carbocycles. The third kappa shape index (κ3) is 12.7. The van der Waals surface area contributed by atoms with E-state index >= 15 is 0 Å². The quantitative estimate of drug-likeness (QED) is 0.651. The minimum atomic E-state index is -2.31. The monoisotopic (exact) mass is 256 g/mol. The Morgan fingerprint density at radius 3 is 2.24 bits per heavy atom. The number of nitrogens with one attached hydrogen (secondary N) is 1. The fourth-order valence-electron chi connectivity index (χ4n) is 1.09. The number of aryl methyl sites for hydroxylation is 1. The van der Waals surface area contributed by atoms with Crippen LogP contribution in [0.2, 0.25) is 0 Å². The Hall–Kier alpha value is -1.20. The fraction of sp³-hybridized carbons (Fsp3) is 0.500. The smallest absolute Gasteiger partial charge is 0.198 e. The van der Waals surface area contributed by atoms with Crippen molar-refractivity contribution in [3.05, 3.63) is 35.9 Å². The van der Waals surface area contributed by atoms with E-state index in [0.29, 0.717) is 6.54 Å². The average molecular weight is 256 g/mol. The SMILES string of the molecule is CCCCCNN=S(=O)=O.Cc1ccccc1. The van der Waals surface area contributed by atoms with Crippen molar-refractivity contribution in [3.63, 3.8) is 0 Å². The Morgan fingerprint density at radius 1 is 1.18 bits per heavy atom. The lowest BCUT2D eigenvalue weighted by molar-refractivity contribution is 0.603. The van der Waals surface area contributed by atoms with Gasteiger partial charge in [0.2, 0.25) is 0 Å². The molecule has 0 amide bonds. The lowest BCUT2D eigenvalue weighted by Crippen LogP contribution is -2.05. The van der Waals surface area contributed by atoms with E-state index in [-0.39, 0.29) is 0 Å². The van der Waals surface area contributed by atoms with E-state index < -0.39 is 10.5 Å². The number of hydrogen-bond donors (Lipinski definition) is 1. The van der Waals surface area contributed by atoms with Crippen molar-refractivity contribution in [2.24, 2.45) is 4.47 Å². The van der Waals surface area contributed by atoms with E-state index in [9.17, 15) is 8.42 Å². The first-order valence-electron chi connectivity index (χ1n) is 5.71. The highest BCUT2D eigenvalue weighted by Gasteiger charge is 1.82. The molecular formula is C12H20N2O2S. The normalized spacial score (nSPS) is 9.06. The molecular weight excluding hydrogens is 236 g/mol. The van der Waals surface area contributed by atoms with Crippen LogP contribution < -0.4 is 5.43 Å². The highest BCUT2D eigenvalue weighted by molar-refractivity contribution is 7.61. The van der Waals surface area contributed by atoms with E-state index in [4.69, 9.17) is 0 Å². The standard InChI is InChI=1S/C7H8.C5H12N2O2S/c1-7-5-3-2-4-6-7;1-2-3-4-5-6-7-10(8)9/h2-6H,1H3;6H,2-5H2,1H3. The van der Waals surface area contributed by atoms with Crippen LogP contribution in [0.4, 0.5) is 0 Å². The minimum absolute atomic E-state index is 0.641. The van der Waals surface area contributed by atoms with Crippen LogP contribution in [0.25, 0.3) is 0 Å². The first-order valence-corrected chi connectivity index (χ1v) is 6.74. The van der Waals surface area contributed by atoms with Crippen molar-refractivity contribution in [2.45, 2.75) is 33.1 Å². The largest absolute Gasteiger partial charge is 0.327 e. The molecule has 0 aliphatic carbocycles. The van der Waals surface area contributed by atoms with Gasteiger partial charge in [0.15, 0.2) is 0 Å². The summed E-state index contributed by atoms with van der Waals surface area (Å²) in [5.41, 5.74) is 3.75. The Morgan fingerprint density at radius 2 is 1.82 bits per heavy atom. The molecule has 0 aromatic heterocycles. The molecule has 17 heavy (non-hydrogen) atoms. The zero-order chi connectivity index (χ0) is 12.9. The minimum Gasteiger partial charge on any atom is -0.198 e. The second-order valence-corrected chi connectivity index (χ2v) is 4.20. The zero-order valence-electron chi connectivity index (χ0n) is 10.4. The number of benzene rings is 1. The maximum absolute atomic E-state index is 9.80. The van der Waals surface area contributed by atoms with Gasteiger partial charge in [-0.05, 0) is 13.3 Å². The van der Waals surface area contributed by atoms with Gasteiger partial charge in [-0.3, -0.25) is 0 Å². The summed E-state index contributed by atoms with van der Waals surface area (Å²) in [5, 5.41) is 0. The maximum Gasteiger partial charge on any atom is 0.327 e. The van der Waals surface area contributed by atoms with Gasteiger partial charge in [0, 0.05) is 6.54 Å². The highest BCUT2D eigenvalue weighted by Crippen LogP contribution is 1.92. The van der Waals surface area contributed by atoms with Crippen molar-refractivity contribution in [3.8, 4) is 0 Å². The molecule has 0 radical (unpaired) electrons. The summed E-state index contributed by atoms with van der Waals surface area (Å²) in [6.45, 7) is 4.81. The maximum atomic E-state index is 9.80. The first kappa shape index (κ1) is 15.8. The van der Waals surface area contributed by atoms with E-state index in [0.717, 1.165) is 19.3 Å². The third-order valence-corrected chi connectivity index (χ3v) is 2.25. The van der Waals surface area contributed by atoms with Gasteiger partial charge in [-0.1, -0.05) is 60.1 Å². The summed E-state index contributed by atoms with van der Waals surface area (Å²) < 4.78 is 22.7. The molecule has 4 nitrogen and oxygen atoms in total. The van der Waals surface area contributed by atoms with E-state index in [1.165, 1.54) is 5.56 Å². The van der Waals surface area contributed by atoms with E-state index in [1.54, 1.807) is 0 Å². The third-order valence-electron chi connectivity index (χ3n) is 1.97. The van der Waals surface area contributed by atoms with Crippen LogP contribution in [0, 0.1) is 6.92 Å². The van der Waals surface area contributed by atoms with Gasteiger partial charge < -0.3 is 0 Å². The molecule has 0 spiro atoms. The zero-order valence-corrected chi connectivity index (χ0v) is 11.2. The number of hydrogen-bond acceptors (Lipinski definition) is 3. The molecule has 0 saturated heterocycles. The van der Waals surface area contributed by atoms with Crippen molar-refractivity contribution >= 4 is 10.5 Å². The van der Waals surface area contributed by atoms with Gasteiger partial charge in [0.25, 0.3) is 0 Å². The fourth-order valence-corrected chi connectivity index (χ4v) is 1.28. The predicted octanol–water partition coefficient (Wildman–Crippen LogP) is 2.74. The Balaban J connectivity index is 0.000000318. The molecule has 0 fully saturated rings. The average Bonchev–Trinajstić information content (AvgIpc) is 2.30.